The number of hydrogen-bond donors (Lipinski definition) is 1. The first-order chi connectivity index (χ1) is 9.80. The molecular formula is C14H14F3N3S. The molecule has 0 amide bonds. The SMILES string of the molecule is CCc1nc(-c2ccc(SC(F)(F)F)cc2)nc(N)c1C. The van der Waals surface area contributed by atoms with E-state index >= 15 is 0 Å². The minimum Gasteiger partial charge on any atom is -0.383 e. The van der Waals surface area contributed by atoms with E-state index in [0.29, 0.717) is 23.6 Å². The van der Waals surface area contributed by atoms with Crippen LogP contribution in [0, 0.1) is 6.92 Å². The van der Waals surface area contributed by atoms with Crippen LogP contribution in [-0.2, 0) is 6.42 Å². The molecule has 1 aromatic heterocycles. The summed E-state index contributed by atoms with van der Waals surface area (Å²) >= 11 is -0.148. The van der Waals surface area contributed by atoms with Crippen molar-refractivity contribution in [3.8, 4) is 11.4 Å². The number of aromatic nitrogens is 2. The van der Waals surface area contributed by atoms with Gasteiger partial charge in [-0.25, -0.2) is 9.97 Å². The Morgan fingerprint density at radius 3 is 2.29 bits per heavy atom. The molecule has 2 rings (SSSR count). The monoisotopic (exact) mass is 313 g/mol. The van der Waals surface area contributed by atoms with Crippen molar-refractivity contribution in [2.24, 2.45) is 0 Å². The summed E-state index contributed by atoms with van der Waals surface area (Å²) in [6.45, 7) is 3.81. The molecule has 2 N–H and O–H groups in total. The van der Waals surface area contributed by atoms with Gasteiger partial charge in [-0.3, -0.25) is 0 Å². The Kier molecular flexibility index (Phi) is 4.41. The summed E-state index contributed by atoms with van der Waals surface area (Å²) in [7, 11) is 0. The highest BCUT2D eigenvalue weighted by Crippen LogP contribution is 2.37. The Balaban J connectivity index is 2.33. The van der Waals surface area contributed by atoms with Gasteiger partial charge < -0.3 is 5.73 Å². The quantitative estimate of drug-likeness (QED) is 0.863. The number of nitrogen functional groups attached to an aromatic ring is 1. The molecule has 2 aromatic rings. The molecular weight excluding hydrogens is 299 g/mol. The Bertz CT molecular complexity index is 639. The van der Waals surface area contributed by atoms with Crippen LogP contribution in [0.2, 0.25) is 0 Å². The van der Waals surface area contributed by atoms with Crippen molar-refractivity contribution < 1.29 is 13.2 Å². The summed E-state index contributed by atoms with van der Waals surface area (Å²) in [6.07, 6.45) is 0.716. The molecule has 0 spiro atoms. The number of alkyl halides is 3. The molecule has 0 fully saturated rings. The fourth-order valence-electron chi connectivity index (χ4n) is 1.86. The molecule has 1 heterocycles. The molecule has 112 valence electrons. The number of thioether (sulfide) groups is 1. The zero-order valence-corrected chi connectivity index (χ0v) is 12.3. The smallest absolute Gasteiger partial charge is 0.383 e. The van der Waals surface area contributed by atoms with Gasteiger partial charge in [0.15, 0.2) is 5.82 Å². The molecule has 0 saturated carbocycles. The van der Waals surface area contributed by atoms with Crippen LogP contribution in [0.25, 0.3) is 11.4 Å². The van der Waals surface area contributed by atoms with Crippen molar-refractivity contribution in [2.75, 3.05) is 5.73 Å². The van der Waals surface area contributed by atoms with E-state index in [9.17, 15) is 13.2 Å². The standard InChI is InChI=1S/C14H14F3N3S/c1-3-11-8(2)12(18)20-13(19-11)9-4-6-10(7-5-9)21-14(15,16)17/h4-7H,3H2,1-2H3,(H2,18,19,20). The molecule has 1 aromatic carbocycles. The summed E-state index contributed by atoms with van der Waals surface area (Å²) < 4.78 is 36.8. The predicted molar refractivity (Wildman–Crippen MR) is 77.9 cm³/mol. The lowest BCUT2D eigenvalue weighted by molar-refractivity contribution is -0.0328. The van der Waals surface area contributed by atoms with E-state index in [1.807, 2.05) is 13.8 Å². The van der Waals surface area contributed by atoms with Gasteiger partial charge in [0.1, 0.15) is 5.82 Å². The third-order valence-corrected chi connectivity index (χ3v) is 3.70. The lowest BCUT2D eigenvalue weighted by Gasteiger charge is -2.09. The largest absolute Gasteiger partial charge is 0.446 e. The van der Waals surface area contributed by atoms with Gasteiger partial charge in [0.2, 0.25) is 0 Å². The van der Waals surface area contributed by atoms with Gasteiger partial charge in [-0.1, -0.05) is 19.1 Å². The highest BCUT2D eigenvalue weighted by molar-refractivity contribution is 8.00. The molecule has 7 heteroatoms. The first-order valence-electron chi connectivity index (χ1n) is 6.29. The Labute approximate surface area is 124 Å². The van der Waals surface area contributed by atoms with E-state index in [4.69, 9.17) is 5.73 Å². The van der Waals surface area contributed by atoms with Gasteiger partial charge in [0.25, 0.3) is 0 Å². The maximum absolute atomic E-state index is 12.3. The summed E-state index contributed by atoms with van der Waals surface area (Å²) in [5.74, 6) is 0.823. The third-order valence-electron chi connectivity index (χ3n) is 2.97. The van der Waals surface area contributed by atoms with Crippen LogP contribution in [0.3, 0.4) is 0 Å². The Morgan fingerprint density at radius 2 is 1.76 bits per heavy atom. The van der Waals surface area contributed by atoms with Gasteiger partial charge in [0.05, 0.1) is 0 Å². The van der Waals surface area contributed by atoms with Crippen molar-refractivity contribution in [1.82, 2.24) is 9.97 Å². The van der Waals surface area contributed by atoms with Crippen LogP contribution < -0.4 is 5.73 Å². The average Bonchev–Trinajstić information content (AvgIpc) is 2.41. The van der Waals surface area contributed by atoms with Crippen LogP contribution in [0.1, 0.15) is 18.2 Å². The van der Waals surface area contributed by atoms with Crippen LogP contribution in [0.4, 0.5) is 19.0 Å². The third kappa shape index (κ3) is 3.87. The van der Waals surface area contributed by atoms with Gasteiger partial charge in [0, 0.05) is 21.7 Å². The van der Waals surface area contributed by atoms with E-state index in [1.165, 1.54) is 12.1 Å². The first kappa shape index (κ1) is 15.6. The second-order valence-corrected chi connectivity index (χ2v) is 5.57. The summed E-state index contributed by atoms with van der Waals surface area (Å²) in [5.41, 5.74) is 3.87. The number of halogens is 3. The lowest BCUT2D eigenvalue weighted by atomic mass is 10.1. The number of nitrogens with two attached hydrogens (primary N) is 1. The molecule has 0 aliphatic rings. The molecule has 0 saturated heterocycles. The minimum atomic E-state index is -4.29. The van der Waals surface area contributed by atoms with E-state index in [0.717, 1.165) is 11.3 Å². The van der Waals surface area contributed by atoms with Gasteiger partial charge in [-0.05, 0) is 37.2 Å². The molecule has 3 nitrogen and oxygen atoms in total. The van der Waals surface area contributed by atoms with Crippen molar-refractivity contribution in [2.45, 2.75) is 30.7 Å². The number of nitrogens with zero attached hydrogens (tertiary/aromatic N) is 2. The fraction of sp³-hybridized carbons (Fsp3) is 0.286. The van der Waals surface area contributed by atoms with Crippen LogP contribution >= 0.6 is 11.8 Å². The average molecular weight is 313 g/mol. The molecule has 0 aliphatic carbocycles. The molecule has 21 heavy (non-hydrogen) atoms. The molecule has 0 bridgehead atoms. The summed E-state index contributed by atoms with van der Waals surface area (Å²) in [6, 6.07) is 5.94. The first-order valence-corrected chi connectivity index (χ1v) is 7.11. The van der Waals surface area contributed by atoms with Crippen LogP contribution in [0.5, 0.6) is 0 Å². The van der Waals surface area contributed by atoms with Gasteiger partial charge in [-0.2, -0.15) is 13.2 Å². The van der Waals surface area contributed by atoms with Crippen molar-refractivity contribution in [3.05, 3.63) is 35.5 Å². The van der Waals surface area contributed by atoms with Crippen LogP contribution in [0.15, 0.2) is 29.2 Å². The Hall–Kier alpha value is -1.76. The number of aryl methyl sites for hydroxylation is 1. The summed E-state index contributed by atoms with van der Waals surface area (Å²) in [5, 5.41) is 0. The topological polar surface area (TPSA) is 51.8 Å². The zero-order chi connectivity index (χ0) is 15.6. The maximum Gasteiger partial charge on any atom is 0.446 e. The second kappa shape index (κ2) is 5.93. The fourth-order valence-corrected chi connectivity index (χ4v) is 2.40. The van der Waals surface area contributed by atoms with E-state index in [1.54, 1.807) is 12.1 Å². The minimum absolute atomic E-state index is 0.127. The normalized spacial score (nSPS) is 11.7. The maximum atomic E-state index is 12.3. The summed E-state index contributed by atoms with van der Waals surface area (Å²) in [4.78, 5) is 8.73. The van der Waals surface area contributed by atoms with Crippen molar-refractivity contribution >= 4 is 17.6 Å². The van der Waals surface area contributed by atoms with Crippen molar-refractivity contribution in [3.63, 3.8) is 0 Å². The van der Waals surface area contributed by atoms with E-state index < -0.39 is 5.51 Å². The Morgan fingerprint density at radius 1 is 1.14 bits per heavy atom. The number of hydrogen-bond acceptors (Lipinski definition) is 4. The van der Waals surface area contributed by atoms with Crippen LogP contribution in [-0.4, -0.2) is 15.5 Å². The molecule has 0 atom stereocenters. The highest BCUT2D eigenvalue weighted by Gasteiger charge is 2.29. The lowest BCUT2D eigenvalue weighted by Crippen LogP contribution is -2.04. The zero-order valence-electron chi connectivity index (χ0n) is 11.5. The van der Waals surface area contributed by atoms with Gasteiger partial charge >= 0.3 is 5.51 Å². The number of anilines is 1. The second-order valence-electron chi connectivity index (χ2n) is 4.43. The van der Waals surface area contributed by atoms with Gasteiger partial charge in [-0.15, -0.1) is 0 Å². The van der Waals surface area contributed by atoms with E-state index in [2.05, 4.69) is 9.97 Å². The van der Waals surface area contributed by atoms with E-state index in [-0.39, 0.29) is 16.7 Å². The number of benzene rings is 1. The number of rotatable bonds is 3. The van der Waals surface area contributed by atoms with Crippen molar-refractivity contribution in [1.29, 1.82) is 0 Å². The highest BCUT2D eigenvalue weighted by atomic mass is 32.2. The molecule has 0 aliphatic heterocycles. The predicted octanol–water partition coefficient (Wildman–Crippen LogP) is 4.21. The molecule has 0 radical (unpaired) electrons. The molecule has 0 unspecified atom stereocenters.